The molecule has 23 heavy (non-hydrogen) atoms. The van der Waals surface area contributed by atoms with Crippen molar-refractivity contribution in [2.24, 2.45) is 0 Å². The predicted molar refractivity (Wildman–Crippen MR) is 84.5 cm³/mol. The second-order valence-electron chi connectivity index (χ2n) is 6.08. The zero-order valence-electron chi connectivity index (χ0n) is 12.5. The second kappa shape index (κ2) is 5.96. The summed E-state index contributed by atoms with van der Waals surface area (Å²) < 4.78 is 15.2. The summed E-state index contributed by atoms with van der Waals surface area (Å²) in [6, 6.07) is 6.84. The highest BCUT2D eigenvalue weighted by Crippen LogP contribution is 2.41. The van der Waals surface area contributed by atoms with E-state index in [2.05, 4.69) is 15.5 Å². The third-order valence-electron chi connectivity index (χ3n) is 4.04. The van der Waals surface area contributed by atoms with Crippen LogP contribution < -0.4 is 5.32 Å². The maximum absolute atomic E-state index is 13.2. The van der Waals surface area contributed by atoms with Crippen LogP contribution in [0.5, 0.6) is 0 Å². The molecule has 1 aromatic carbocycles. The molecule has 2 saturated carbocycles. The van der Waals surface area contributed by atoms with Gasteiger partial charge in [-0.3, -0.25) is 4.79 Å². The van der Waals surface area contributed by atoms with Crippen LogP contribution in [0.15, 0.2) is 35.7 Å². The molecule has 5 nitrogen and oxygen atoms in total. The Labute approximate surface area is 137 Å². The van der Waals surface area contributed by atoms with E-state index in [0.29, 0.717) is 6.04 Å². The fourth-order valence-corrected chi connectivity index (χ4v) is 3.53. The highest BCUT2D eigenvalue weighted by molar-refractivity contribution is 8.00. The van der Waals surface area contributed by atoms with Gasteiger partial charge >= 0.3 is 0 Å². The molecule has 120 valence electrons. The molecule has 2 aliphatic carbocycles. The lowest BCUT2D eigenvalue weighted by Gasteiger charge is -2.16. The number of rotatable bonds is 6. The van der Waals surface area contributed by atoms with Crippen molar-refractivity contribution in [3.05, 3.63) is 42.0 Å². The number of nitrogens with zero attached hydrogens (tertiary/aromatic N) is 3. The molecular formula is C16H17FN4OS. The summed E-state index contributed by atoms with van der Waals surface area (Å²) in [5, 5.41) is 11.5. The van der Waals surface area contributed by atoms with Crippen molar-refractivity contribution in [1.29, 1.82) is 0 Å². The number of carbonyl (C=O) groups excluding carboxylic acids is 1. The molecule has 0 spiro atoms. The third-order valence-corrected chi connectivity index (χ3v) is 5.26. The fraction of sp³-hybridized carbons (Fsp3) is 0.438. The lowest BCUT2D eigenvalue weighted by molar-refractivity contribution is -0.120. The van der Waals surface area contributed by atoms with Crippen molar-refractivity contribution in [2.45, 2.75) is 48.2 Å². The van der Waals surface area contributed by atoms with Gasteiger partial charge in [-0.2, -0.15) is 0 Å². The van der Waals surface area contributed by atoms with Crippen molar-refractivity contribution in [2.75, 3.05) is 0 Å². The molecule has 2 aromatic rings. The van der Waals surface area contributed by atoms with Crippen LogP contribution in [0.25, 0.3) is 0 Å². The first-order valence-electron chi connectivity index (χ1n) is 7.83. The van der Waals surface area contributed by atoms with Crippen molar-refractivity contribution < 1.29 is 9.18 Å². The Bertz CT molecular complexity index is 709. The average molecular weight is 332 g/mol. The number of nitrogens with one attached hydrogen (secondary N) is 1. The first kappa shape index (κ1) is 14.7. The summed E-state index contributed by atoms with van der Waals surface area (Å²) in [6.07, 6.45) is 6.04. The summed E-state index contributed by atoms with van der Waals surface area (Å²) in [6.45, 7) is 0. The molecule has 2 aliphatic rings. The molecule has 0 bridgehead atoms. The van der Waals surface area contributed by atoms with E-state index in [1.165, 1.54) is 23.9 Å². The van der Waals surface area contributed by atoms with E-state index < -0.39 is 5.25 Å². The maximum atomic E-state index is 13.2. The Morgan fingerprint density at radius 2 is 2.00 bits per heavy atom. The van der Waals surface area contributed by atoms with Gasteiger partial charge in [0.25, 0.3) is 0 Å². The normalized spacial score (nSPS) is 18.7. The van der Waals surface area contributed by atoms with Gasteiger partial charge in [0.1, 0.15) is 17.4 Å². The number of aromatic nitrogens is 3. The van der Waals surface area contributed by atoms with Crippen LogP contribution in [0.1, 0.15) is 42.5 Å². The lowest BCUT2D eigenvalue weighted by Crippen LogP contribution is -2.30. The van der Waals surface area contributed by atoms with Crippen molar-refractivity contribution >= 4 is 17.7 Å². The predicted octanol–water partition coefficient (Wildman–Crippen LogP) is 2.86. The smallest absolute Gasteiger partial charge is 0.238 e. The Balaban J connectivity index is 1.59. The van der Waals surface area contributed by atoms with Crippen molar-refractivity contribution in [1.82, 2.24) is 20.1 Å². The molecule has 1 amide bonds. The molecule has 0 saturated heterocycles. The van der Waals surface area contributed by atoms with Crippen LogP contribution in [-0.2, 0) is 4.79 Å². The number of halogens is 1. The minimum Gasteiger partial charge on any atom is -0.352 e. The molecule has 1 unspecified atom stereocenters. The SMILES string of the molecule is O=C(NC1CC1)C(Sc1nncn1C1CC1)c1ccc(F)cc1. The van der Waals surface area contributed by atoms with E-state index in [4.69, 9.17) is 0 Å². The number of benzene rings is 1. The maximum Gasteiger partial charge on any atom is 0.238 e. The molecule has 1 atom stereocenters. The van der Waals surface area contributed by atoms with E-state index in [1.54, 1.807) is 18.5 Å². The van der Waals surface area contributed by atoms with Crippen LogP contribution in [0.3, 0.4) is 0 Å². The van der Waals surface area contributed by atoms with Gasteiger partial charge < -0.3 is 9.88 Å². The van der Waals surface area contributed by atoms with Gasteiger partial charge in [-0.15, -0.1) is 10.2 Å². The van der Waals surface area contributed by atoms with Gasteiger partial charge in [0.2, 0.25) is 5.91 Å². The van der Waals surface area contributed by atoms with E-state index in [0.717, 1.165) is 36.4 Å². The number of carbonyl (C=O) groups is 1. The Morgan fingerprint density at radius 1 is 1.26 bits per heavy atom. The first-order valence-corrected chi connectivity index (χ1v) is 8.70. The molecule has 0 radical (unpaired) electrons. The van der Waals surface area contributed by atoms with Gasteiger partial charge in [-0.05, 0) is 43.4 Å². The van der Waals surface area contributed by atoms with Gasteiger partial charge in [-0.1, -0.05) is 23.9 Å². The second-order valence-corrected chi connectivity index (χ2v) is 7.16. The molecule has 7 heteroatoms. The highest BCUT2D eigenvalue weighted by atomic mass is 32.2. The zero-order chi connectivity index (χ0) is 15.8. The molecule has 1 aromatic heterocycles. The molecule has 1 N–H and O–H groups in total. The average Bonchev–Trinajstić information content (AvgIpc) is 3.47. The fourth-order valence-electron chi connectivity index (χ4n) is 2.44. The summed E-state index contributed by atoms with van der Waals surface area (Å²) in [7, 11) is 0. The quantitative estimate of drug-likeness (QED) is 0.827. The van der Waals surface area contributed by atoms with Crippen LogP contribution in [0.2, 0.25) is 0 Å². The largest absolute Gasteiger partial charge is 0.352 e. The Kier molecular flexibility index (Phi) is 3.80. The minimum atomic E-state index is -0.446. The minimum absolute atomic E-state index is 0.0468. The summed E-state index contributed by atoms with van der Waals surface area (Å²) in [4.78, 5) is 12.6. The summed E-state index contributed by atoms with van der Waals surface area (Å²) in [5.74, 6) is -0.351. The lowest BCUT2D eigenvalue weighted by atomic mass is 10.1. The van der Waals surface area contributed by atoms with E-state index >= 15 is 0 Å². The van der Waals surface area contributed by atoms with Crippen LogP contribution in [0, 0.1) is 5.82 Å². The van der Waals surface area contributed by atoms with Gasteiger partial charge in [-0.25, -0.2) is 4.39 Å². The van der Waals surface area contributed by atoms with Crippen molar-refractivity contribution in [3.8, 4) is 0 Å². The molecule has 1 heterocycles. The Hall–Kier alpha value is -1.89. The molecular weight excluding hydrogens is 315 g/mol. The number of thioether (sulfide) groups is 1. The van der Waals surface area contributed by atoms with Gasteiger partial charge in [0.15, 0.2) is 5.16 Å². The first-order chi connectivity index (χ1) is 11.2. The van der Waals surface area contributed by atoms with E-state index in [1.807, 2.05) is 4.57 Å². The van der Waals surface area contributed by atoms with Crippen LogP contribution in [-0.4, -0.2) is 26.7 Å². The van der Waals surface area contributed by atoms with Crippen molar-refractivity contribution in [3.63, 3.8) is 0 Å². The third kappa shape index (κ3) is 3.39. The topological polar surface area (TPSA) is 59.8 Å². The van der Waals surface area contributed by atoms with E-state index in [9.17, 15) is 9.18 Å². The van der Waals surface area contributed by atoms with Gasteiger partial charge in [0, 0.05) is 12.1 Å². The standard InChI is InChI=1S/C16H17FN4OS/c17-11-3-1-10(2-4-11)14(15(22)19-12-5-6-12)23-16-20-18-9-21(16)13-7-8-13/h1-4,9,12-14H,5-8H2,(H,19,22). The van der Waals surface area contributed by atoms with Crippen LogP contribution >= 0.6 is 11.8 Å². The molecule has 2 fully saturated rings. The summed E-state index contributed by atoms with van der Waals surface area (Å²) in [5.41, 5.74) is 0.778. The van der Waals surface area contributed by atoms with Crippen LogP contribution in [0.4, 0.5) is 4.39 Å². The zero-order valence-corrected chi connectivity index (χ0v) is 13.3. The molecule has 4 rings (SSSR count). The monoisotopic (exact) mass is 332 g/mol. The number of hydrogen-bond acceptors (Lipinski definition) is 4. The molecule has 0 aliphatic heterocycles. The Morgan fingerprint density at radius 3 is 2.65 bits per heavy atom. The van der Waals surface area contributed by atoms with Gasteiger partial charge in [0.05, 0.1) is 0 Å². The summed E-state index contributed by atoms with van der Waals surface area (Å²) >= 11 is 1.38. The number of amides is 1. The number of hydrogen-bond donors (Lipinski definition) is 1. The van der Waals surface area contributed by atoms with E-state index in [-0.39, 0.29) is 17.8 Å². The highest BCUT2D eigenvalue weighted by Gasteiger charge is 2.32.